The predicted molar refractivity (Wildman–Crippen MR) is 181 cm³/mol. The maximum absolute atomic E-state index is 10.7. The normalized spacial score (nSPS) is 12.4. The Morgan fingerprint density at radius 1 is 0.415 bits per heavy atom. The summed E-state index contributed by atoms with van der Waals surface area (Å²) in [7, 11) is -4.29. The summed E-state index contributed by atoms with van der Waals surface area (Å²) in [6.45, 7) is 7.13. The molecule has 0 aromatic heterocycles. The second-order valence-electron chi connectivity index (χ2n) is 13.3. The van der Waals surface area contributed by atoms with Crippen LogP contribution in [-0.2, 0) is 9.09 Å². The quantitative estimate of drug-likeness (QED) is 0.0568. The monoisotopic (exact) mass is 603 g/mol. The second kappa shape index (κ2) is 30.1. The Balaban J connectivity index is 4.60. The van der Waals surface area contributed by atoms with Gasteiger partial charge in [0.25, 0.3) is 0 Å². The highest BCUT2D eigenvalue weighted by Crippen LogP contribution is 2.42. The largest absolute Gasteiger partial charge is 0.469 e. The molecule has 0 spiro atoms. The first kappa shape index (κ1) is 41.1. The molecule has 0 heterocycles. The molecule has 0 aromatic carbocycles. The van der Waals surface area contributed by atoms with Crippen LogP contribution in [-0.4, -0.2) is 16.4 Å². The second-order valence-corrected chi connectivity index (χ2v) is 14.5. The van der Waals surface area contributed by atoms with Gasteiger partial charge in [-0.2, -0.15) is 0 Å². The molecule has 0 aromatic rings. The van der Waals surface area contributed by atoms with Crippen molar-refractivity contribution >= 4 is 7.82 Å². The zero-order chi connectivity index (χ0) is 30.3. The van der Waals surface area contributed by atoms with Gasteiger partial charge in [-0.15, -0.1) is 0 Å². The lowest BCUT2D eigenvalue weighted by Crippen LogP contribution is -2.21. The third kappa shape index (κ3) is 29.9. The highest BCUT2D eigenvalue weighted by Gasteiger charge is 2.28. The fourth-order valence-corrected chi connectivity index (χ4v) is 6.98. The van der Waals surface area contributed by atoms with Crippen molar-refractivity contribution in [3.8, 4) is 0 Å². The lowest BCUT2D eigenvalue weighted by Gasteiger charge is -2.35. The Morgan fingerprint density at radius 2 is 0.659 bits per heavy atom. The minimum atomic E-state index is -4.29. The van der Waals surface area contributed by atoms with E-state index in [2.05, 4.69) is 25.3 Å². The van der Waals surface area contributed by atoms with Crippen molar-refractivity contribution in [1.29, 1.82) is 0 Å². The number of hydrogen-bond donors (Lipinski definition) is 2. The van der Waals surface area contributed by atoms with Gasteiger partial charge >= 0.3 is 7.82 Å². The van der Waals surface area contributed by atoms with Crippen LogP contribution in [0.25, 0.3) is 0 Å². The molecule has 0 saturated carbocycles. The van der Waals surface area contributed by atoms with Crippen LogP contribution < -0.4 is 0 Å². The first-order chi connectivity index (χ1) is 19.9. The maximum atomic E-state index is 10.7. The van der Waals surface area contributed by atoms with E-state index in [1.807, 2.05) is 0 Å². The molecule has 4 nitrogen and oxygen atoms in total. The van der Waals surface area contributed by atoms with Crippen LogP contribution in [0.3, 0.4) is 0 Å². The summed E-state index contributed by atoms with van der Waals surface area (Å²) in [5.41, 5.74) is 0.607. The summed E-state index contributed by atoms with van der Waals surface area (Å²) in [6, 6.07) is 0. The fraction of sp³-hybridized carbons (Fsp3) is 1.00. The Labute approximate surface area is 258 Å². The molecular formula is C36H75O4P. The van der Waals surface area contributed by atoms with E-state index in [0.29, 0.717) is 5.41 Å². The van der Waals surface area contributed by atoms with Crippen LogP contribution in [0.1, 0.15) is 220 Å². The summed E-state index contributed by atoms with van der Waals surface area (Å²) in [5.74, 6) is 0. The van der Waals surface area contributed by atoms with Crippen molar-refractivity contribution in [2.45, 2.75) is 220 Å². The zero-order valence-corrected chi connectivity index (χ0v) is 29.2. The van der Waals surface area contributed by atoms with Gasteiger partial charge in [0.2, 0.25) is 0 Å². The molecule has 0 aliphatic carbocycles. The van der Waals surface area contributed by atoms with Crippen molar-refractivity contribution in [3.05, 3.63) is 0 Å². The smallest absolute Gasteiger partial charge is 0.303 e. The molecule has 0 rings (SSSR count). The van der Waals surface area contributed by atoms with E-state index in [9.17, 15) is 4.57 Å². The van der Waals surface area contributed by atoms with E-state index < -0.39 is 7.82 Å². The van der Waals surface area contributed by atoms with E-state index in [1.165, 1.54) is 180 Å². The van der Waals surface area contributed by atoms with Crippen molar-refractivity contribution in [1.82, 2.24) is 0 Å². The van der Waals surface area contributed by atoms with Gasteiger partial charge in [0.15, 0.2) is 0 Å². The van der Waals surface area contributed by atoms with Crippen molar-refractivity contribution in [2.75, 3.05) is 6.61 Å². The minimum Gasteiger partial charge on any atom is -0.303 e. The van der Waals surface area contributed by atoms with E-state index in [1.54, 1.807) is 0 Å². The molecule has 2 N–H and O–H groups in total. The molecular weight excluding hydrogens is 527 g/mol. The summed E-state index contributed by atoms with van der Waals surface area (Å²) >= 11 is 0. The molecule has 41 heavy (non-hydrogen) atoms. The average Bonchev–Trinajstić information content (AvgIpc) is 2.94. The first-order valence-corrected chi connectivity index (χ1v) is 20.1. The van der Waals surface area contributed by atoms with Gasteiger partial charge in [-0.1, -0.05) is 188 Å². The van der Waals surface area contributed by atoms with Crippen LogP contribution in [0.2, 0.25) is 0 Å². The zero-order valence-electron chi connectivity index (χ0n) is 28.3. The Bertz CT molecular complexity index is 521. The number of phosphoric acid groups is 1. The summed E-state index contributed by atoms with van der Waals surface area (Å²) < 4.78 is 15.3. The van der Waals surface area contributed by atoms with Gasteiger partial charge in [-0.25, -0.2) is 4.57 Å². The summed E-state index contributed by atoms with van der Waals surface area (Å²) in [6.07, 6.45) is 42.4. The summed E-state index contributed by atoms with van der Waals surface area (Å²) in [5, 5.41) is 0. The van der Waals surface area contributed by atoms with E-state index >= 15 is 0 Å². The Morgan fingerprint density at radius 3 is 0.927 bits per heavy atom. The molecule has 0 bridgehead atoms. The highest BCUT2D eigenvalue weighted by atomic mass is 31.2. The Kier molecular flexibility index (Phi) is 30.2. The molecule has 0 fully saturated rings. The van der Waals surface area contributed by atoms with Gasteiger partial charge in [0.05, 0.1) is 6.61 Å². The van der Waals surface area contributed by atoms with Crippen LogP contribution in [0, 0.1) is 5.41 Å². The van der Waals surface area contributed by atoms with Gasteiger partial charge in [-0.05, 0) is 37.5 Å². The minimum absolute atomic E-state index is 0.169. The molecule has 0 saturated heterocycles. The van der Waals surface area contributed by atoms with Gasteiger partial charge < -0.3 is 9.79 Å². The van der Waals surface area contributed by atoms with Gasteiger partial charge in [0, 0.05) is 0 Å². The molecule has 5 heteroatoms. The van der Waals surface area contributed by atoms with E-state index in [4.69, 9.17) is 9.79 Å². The average molecular weight is 603 g/mol. The lowest BCUT2D eigenvalue weighted by atomic mass is 9.70. The van der Waals surface area contributed by atoms with Crippen LogP contribution in [0.15, 0.2) is 0 Å². The molecule has 0 unspecified atom stereocenters. The van der Waals surface area contributed by atoms with Gasteiger partial charge in [-0.3, -0.25) is 4.52 Å². The molecule has 0 amide bonds. The standard InChI is InChI=1S/C36H75O4P/c1-4-7-10-13-21-26-31-36(32-27-22-14-11-8-5-2,33-28-23-15-12-9-6-3)34-29-24-19-17-16-18-20-25-30-35-40-41(37,38)39/h4-35H2,1-3H3,(H2,37,38,39). The van der Waals surface area contributed by atoms with E-state index in [-0.39, 0.29) is 6.61 Å². The molecule has 0 aliphatic rings. The number of phosphoric ester groups is 1. The lowest BCUT2D eigenvalue weighted by molar-refractivity contribution is 0.171. The SMILES string of the molecule is CCCCCCCCC(CCCCCCCC)(CCCCCCCC)CCCCCCCCCCCOP(=O)(O)O. The topological polar surface area (TPSA) is 66.8 Å². The van der Waals surface area contributed by atoms with Crippen LogP contribution in [0.4, 0.5) is 0 Å². The molecule has 0 radical (unpaired) electrons. The maximum Gasteiger partial charge on any atom is 0.469 e. The van der Waals surface area contributed by atoms with Crippen molar-refractivity contribution in [3.63, 3.8) is 0 Å². The van der Waals surface area contributed by atoms with Crippen molar-refractivity contribution < 1.29 is 18.9 Å². The third-order valence-electron chi connectivity index (χ3n) is 9.29. The Hall–Kier alpha value is 0.110. The van der Waals surface area contributed by atoms with Gasteiger partial charge in [0.1, 0.15) is 0 Å². The van der Waals surface area contributed by atoms with Crippen molar-refractivity contribution in [2.24, 2.45) is 5.41 Å². The number of rotatable bonds is 34. The predicted octanol–water partition coefficient (Wildman–Crippen LogP) is 13.2. The molecule has 248 valence electrons. The van der Waals surface area contributed by atoms with Crippen LogP contribution in [0.5, 0.6) is 0 Å². The first-order valence-electron chi connectivity index (χ1n) is 18.6. The number of hydrogen-bond acceptors (Lipinski definition) is 2. The highest BCUT2D eigenvalue weighted by molar-refractivity contribution is 7.46. The third-order valence-corrected chi connectivity index (χ3v) is 9.81. The molecule has 0 aliphatic heterocycles. The fourth-order valence-electron chi connectivity index (χ4n) is 6.61. The number of unbranched alkanes of at least 4 members (excludes halogenated alkanes) is 23. The molecule has 0 atom stereocenters. The van der Waals surface area contributed by atoms with Crippen LogP contribution >= 0.6 is 7.82 Å². The van der Waals surface area contributed by atoms with E-state index in [0.717, 1.165) is 19.3 Å². The summed E-state index contributed by atoms with van der Waals surface area (Å²) in [4.78, 5) is 17.5.